The minimum Gasteiger partial charge on any atom is -0.452 e. The molecule has 2 amide bonds. The number of carbonyl (C=O) groups excluding carboxylic acids is 3. The van der Waals surface area contributed by atoms with E-state index in [4.69, 9.17) is 4.74 Å². The molecule has 1 aromatic heterocycles. The molecule has 2 aromatic rings. The van der Waals surface area contributed by atoms with Crippen molar-refractivity contribution in [1.82, 2.24) is 9.78 Å². The van der Waals surface area contributed by atoms with Crippen LogP contribution >= 0.6 is 0 Å². The number of carbonyl (C=O) groups is 3. The Morgan fingerprint density at radius 1 is 1.31 bits per heavy atom. The third-order valence-corrected chi connectivity index (χ3v) is 4.92. The first-order valence-electron chi connectivity index (χ1n) is 9.34. The van der Waals surface area contributed by atoms with Crippen molar-refractivity contribution in [2.75, 3.05) is 16.8 Å². The molecule has 29 heavy (non-hydrogen) atoms. The van der Waals surface area contributed by atoms with Gasteiger partial charge in [0, 0.05) is 36.8 Å². The third kappa shape index (κ3) is 4.37. The molecule has 1 aromatic carbocycles. The second-order valence-corrected chi connectivity index (χ2v) is 7.03. The van der Waals surface area contributed by atoms with Crippen molar-refractivity contribution in [1.29, 1.82) is 0 Å². The maximum absolute atomic E-state index is 12.8. The Balaban J connectivity index is 1.69. The summed E-state index contributed by atoms with van der Waals surface area (Å²) >= 11 is 0. The van der Waals surface area contributed by atoms with E-state index in [1.165, 1.54) is 11.0 Å². The third-order valence-electron chi connectivity index (χ3n) is 4.92. The van der Waals surface area contributed by atoms with Gasteiger partial charge in [0.1, 0.15) is 0 Å². The van der Waals surface area contributed by atoms with E-state index in [1.54, 1.807) is 41.9 Å². The first-order chi connectivity index (χ1) is 13.8. The summed E-state index contributed by atoms with van der Waals surface area (Å²) in [4.78, 5) is 38.4. The summed E-state index contributed by atoms with van der Waals surface area (Å²) < 4.78 is 6.88. The number of nitrogens with one attached hydrogen (secondary N) is 1. The topological polar surface area (TPSA) is 93.5 Å². The molecule has 1 atom stereocenters. The molecule has 8 heteroatoms. The molecular weight excluding hydrogens is 372 g/mol. The molecule has 0 unspecified atom stereocenters. The number of aromatic nitrogens is 2. The average Bonchev–Trinajstić information content (AvgIpc) is 2.82. The molecule has 0 aliphatic carbocycles. The predicted molar refractivity (Wildman–Crippen MR) is 109 cm³/mol. The highest BCUT2D eigenvalue weighted by atomic mass is 16.5. The lowest BCUT2D eigenvalue weighted by Crippen LogP contribution is -2.41. The van der Waals surface area contributed by atoms with Gasteiger partial charge in [-0.05, 0) is 39.0 Å². The van der Waals surface area contributed by atoms with Crippen LogP contribution in [0.15, 0.2) is 30.3 Å². The monoisotopic (exact) mass is 396 g/mol. The molecule has 0 spiro atoms. The van der Waals surface area contributed by atoms with Crippen LogP contribution < -0.4 is 10.2 Å². The zero-order chi connectivity index (χ0) is 21.1. The van der Waals surface area contributed by atoms with Crippen LogP contribution in [-0.2, 0) is 26.2 Å². The minimum atomic E-state index is -0.619. The van der Waals surface area contributed by atoms with Crippen molar-refractivity contribution in [3.8, 4) is 0 Å². The Bertz CT molecular complexity index is 993. The lowest BCUT2D eigenvalue weighted by atomic mass is 10.1. The fourth-order valence-corrected chi connectivity index (χ4v) is 3.40. The number of para-hydroxylation sites is 2. The van der Waals surface area contributed by atoms with Gasteiger partial charge in [-0.1, -0.05) is 12.1 Å². The molecular formula is C21H24N4O4. The van der Waals surface area contributed by atoms with E-state index >= 15 is 0 Å². The highest BCUT2D eigenvalue weighted by molar-refractivity contribution is 6.05. The minimum absolute atomic E-state index is 0.161. The zero-order valence-electron chi connectivity index (χ0n) is 16.9. The summed E-state index contributed by atoms with van der Waals surface area (Å²) in [6.07, 6.45) is 3.08. The van der Waals surface area contributed by atoms with Crippen LogP contribution in [-0.4, -0.2) is 40.2 Å². The number of benzene rings is 1. The van der Waals surface area contributed by atoms with Crippen molar-refractivity contribution >= 4 is 35.2 Å². The van der Waals surface area contributed by atoms with E-state index in [0.29, 0.717) is 11.4 Å². The number of hydrogen-bond acceptors (Lipinski definition) is 5. The van der Waals surface area contributed by atoms with Crippen LogP contribution in [0.3, 0.4) is 0 Å². The van der Waals surface area contributed by atoms with Gasteiger partial charge in [0.15, 0.2) is 6.61 Å². The van der Waals surface area contributed by atoms with Crippen molar-refractivity contribution in [3.05, 3.63) is 47.3 Å². The summed E-state index contributed by atoms with van der Waals surface area (Å²) in [5.74, 6) is -1.18. The molecule has 8 nitrogen and oxygen atoms in total. The number of rotatable bonds is 4. The second kappa shape index (κ2) is 8.30. The number of fused-ring (bicyclic) bond motifs is 1. The van der Waals surface area contributed by atoms with Gasteiger partial charge in [-0.2, -0.15) is 5.10 Å². The van der Waals surface area contributed by atoms with Crippen molar-refractivity contribution in [2.24, 2.45) is 7.05 Å². The molecule has 1 aliphatic rings. The summed E-state index contributed by atoms with van der Waals surface area (Å²) in [6, 6.07) is 6.70. The summed E-state index contributed by atoms with van der Waals surface area (Å²) in [7, 11) is 1.83. The zero-order valence-corrected chi connectivity index (χ0v) is 16.9. The van der Waals surface area contributed by atoms with E-state index < -0.39 is 18.5 Å². The van der Waals surface area contributed by atoms with Gasteiger partial charge in [-0.25, -0.2) is 4.79 Å². The molecule has 152 valence electrons. The number of anilines is 2. The highest BCUT2D eigenvalue weighted by Crippen LogP contribution is 2.31. The average molecular weight is 396 g/mol. The van der Waals surface area contributed by atoms with E-state index in [9.17, 15) is 14.4 Å². The van der Waals surface area contributed by atoms with E-state index in [1.807, 2.05) is 20.9 Å². The number of amides is 2. The van der Waals surface area contributed by atoms with Crippen molar-refractivity contribution in [2.45, 2.75) is 33.2 Å². The van der Waals surface area contributed by atoms with Crippen molar-refractivity contribution < 1.29 is 19.1 Å². The Kier molecular flexibility index (Phi) is 5.81. The molecule has 2 heterocycles. The lowest BCUT2D eigenvalue weighted by molar-refractivity contribution is -0.143. The SMILES string of the molecule is Cc1nn(C)c(C)c1/C=C/C(=O)OCC(=O)N1c2ccccc2NC(=O)C[C@H]1C. The summed E-state index contributed by atoms with van der Waals surface area (Å²) in [5, 5.41) is 7.08. The van der Waals surface area contributed by atoms with Gasteiger partial charge < -0.3 is 15.0 Å². The molecule has 0 bridgehead atoms. The molecule has 1 aliphatic heterocycles. The number of hydrogen-bond donors (Lipinski definition) is 1. The largest absolute Gasteiger partial charge is 0.452 e. The molecule has 3 rings (SSSR count). The van der Waals surface area contributed by atoms with Gasteiger partial charge in [-0.15, -0.1) is 0 Å². The first-order valence-corrected chi connectivity index (χ1v) is 9.34. The van der Waals surface area contributed by atoms with Gasteiger partial charge >= 0.3 is 5.97 Å². The van der Waals surface area contributed by atoms with Gasteiger partial charge in [0.2, 0.25) is 5.91 Å². The van der Waals surface area contributed by atoms with Crippen LogP contribution in [0.1, 0.15) is 30.3 Å². The first kappa shape index (κ1) is 20.3. The second-order valence-electron chi connectivity index (χ2n) is 7.03. The van der Waals surface area contributed by atoms with Crippen LogP contribution in [0.4, 0.5) is 11.4 Å². The van der Waals surface area contributed by atoms with Gasteiger partial charge in [-0.3, -0.25) is 14.3 Å². The Hall–Kier alpha value is -3.42. The number of aryl methyl sites for hydroxylation is 2. The fraction of sp³-hybridized carbons (Fsp3) is 0.333. The summed E-state index contributed by atoms with van der Waals surface area (Å²) in [6.45, 7) is 5.13. The quantitative estimate of drug-likeness (QED) is 0.633. The molecule has 0 saturated carbocycles. The van der Waals surface area contributed by atoms with Gasteiger partial charge in [0.05, 0.1) is 17.1 Å². The smallest absolute Gasteiger partial charge is 0.331 e. The lowest BCUT2D eigenvalue weighted by Gasteiger charge is -2.27. The van der Waals surface area contributed by atoms with Gasteiger partial charge in [0.25, 0.3) is 5.91 Å². The van der Waals surface area contributed by atoms with E-state index in [2.05, 4.69) is 10.4 Å². The van der Waals surface area contributed by atoms with Crippen LogP contribution in [0.25, 0.3) is 6.08 Å². The van der Waals surface area contributed by atoms with E-state index in [-0.39, 0.29) is 18.4 Å². The normalized spacial score (nSPS) is 16.3. The fourth-order valence-electron chi connectivity index (χ4n) is 3.40. The highest BCUT2D eigenvalue weighted by Gasteiger charge is 2.29. The Morgan fingerprint density at radius 2 is 2.03 bits per heavy atom. The molecule has 0 fully saturated rings. The van der Waals surface area contributed by atoms with Crippen LogP contribution in [0, 0.1) is 13.8 Å². The molecule has 0 saturated heterocycles. The number of nitrogens with zero attached hydrogens (tertiary/aromatic N) is 3. The Morgan fingerprint density at radius 3 is 2.72 bits per heavy atom. The van der Waals surface area contributed by atoms with Crippen LogP contribution in [0.2, 0.25) is 0 Å². The maximum atomic E-state index is 12.8. The number of esters is 1. The predicted octanol–water partition coefficient (Wildman–Crippen LogP) is 2.36. The molecule has 0 radical (unpaired) electrons. The van der Waals surface area contributed by atoms with Crippen molar-refractivity contribution in [3.63, 3.8) is 0 Å². The maximum Gasteiger partial charge on any atom is 0.331 e. The number of ether oxygens (including phenoxy) is 1. The molecule has 1 N–H and O–H groups in total. The Labute approximate surface area is 169 Å². The van der Waals surface area contributed by atoms with Crippen LogP contribution in [0.5, 0.6) is 0 Å². The summed E-state index contributed by atoms with van der Waals surface area (Å²) in [5.41, 5.74) is 3.72. The van der Waals surface area contributed by atoms with E-state index in [0.717, 1.165) is 17.0 Å². The standard InChI is InChI=1S/C21H24N4O4/c1-13-11-19(26)22-17-7-5-6-8-18(17)25(13)20(27)12-29-21(28)10-9-16-14(2)23-24(4)15(16)3/h5-10,13H,11-12H2,1-4H3,(H,22,26)/b10-9+/t13-/m1/s1.